The lowest BCUT2D eigenvalue weighted by Crippen LogP contribution is -2.43. The average Bonchev–Trinajstić information content (AvgIpc) is 2.64. The Bertz CT molecular complexity index is 687. The predicted molar refractivity (Wildman–Crippen MR) is 105 cm³/mol. The van der Waals surface area contributed by atoms with E-state index < -0.39 is 0 Å². The second-order valence-corrected chi connectivity index (χ2v) is 7.80. The van der Waals surface area contributed by atoms with Gasteiger partial charge < -0.3 is 4.90 Å². The van der Waals surface area contributed by atoms with E-state index >= 15 is 0 Å². The molecule has 25 heavy (non-hydrogen) atoms. The fourth-order valence-electron chi connectivity index (χ4n) is 3.50. The number of piperidine rings is 1. The summed E-state index contributed by atoms with van der Waals surface area (Å²) in [5, 5.41) is 0. The van der Waals surface area contributed by atoms with Crippen LogP contribution in [0, 0.1) is 5.92 Å². The average molecular weight is 401 g/mol. The lowest BCUT2D eigenvalue weighted by molar-refractivity contribution is -0.136. The first-order chi connectivity index (χ1) is 12.1. The summed E-state index contributed by atoms with van der Waals surface area (Å²) in [7, 11) is 1.92. The lowest BCUT2D eigenvalue weighted by atomic mass is 9.96. The van der Waals surface area contributed by atoms with Crippen LogP contribution in [0.2, 0.25) is 0 Å². The number of likely N-dealkylation sites (tertiary alicyclic amines) is 1. The quantitative estimate of drug-likeness (QED) is 0.745. The topological polar surface area (TPSA) is 23.6 Å². The monoisotopic (exact) mass is 400 g/mol. The minimum atomic E-state index is 0.109. The van der Waals surface area contributed by atoms with Crippen LogP contribution in [-0.4, -0.2) is 35.8 Å². The van der Waals surface area contributed by atoms with Gasteiger partial charge in [-0.2, -0.15) is 0 Å². The molecule has 1 heterocycles. The summed E-state index contributed by atoms with van der Waals surface area (Å²) >= 11 is 3.48. The van der Waals surface area contributed by atoms with Crippen LogP contribution in [0.15, 0.2) is 59.1 Å². The molecule has 3 rings (SSSR count). The van der Waals surface area contributed by atoms with E-state index in [1.54, 1.807) is 0 Å². The Morgan fingerprint density at radius 3 is 2.56 bits per heavy atom. The highest BCUT2D eigenvalue weighted by Gasteiger charge is 2.27. The van der Waals surface area contributed by atoms with Crippen molar-refractivity contribution >= 4 is 21.8 Å². The Labute approximate surface area is 158 Å². The van der Waals surface area contributed by atoms with Crippen molar-refractivity contribution in [2.45, 2.75) is 25.9 Å². The Hall–Kier alpha value is -1.65. The van der Waals surface area contributed by atoms with E-state index in [1.807, 2.05) is 30.1 Å². The highest BCUT2D eigenvalue weighted by molar-refractivity contribution is 9.10. The van der Waals surface area contributed by atoms with E-state index in [0.29, 0.717) is 6.54 Å². The first-order valence-electron chi connectivity index (χ1n) is 8.87. The Morgan fingerprint density at radius 1 is 1.12 bits per heavy atom. The van der Waals surface area contributed by atoms with Crippen LogP contribution in [0.1, 0.15) is 24.0 Å². The van der Waals surface area contributed by atoms with E-state index in [-0.39, 0.29) is 11.8 Å². The Balaban J connectivity index is 1.56. The number of halogens is 1. The third-order valence-corrected chi connectivity index (χ3v) is 5.34. The van der Waals surface area contributed by atoms with Gasteiger partial charge in [-0.15, -0.1) is 0 Å². The highest BCUT2D eigenvalue weighted by atomic mass is 79.9. The van der Waals surface area contributed by atoms with Gasteiger partial charge in [-0.05, 0) is 42.6 Å². The van der Waals surface area contributed by atoms with E-state index in [9.17, 15) is 4.79 Å². The minimum Gasteiger partial charge on any atom is -0.341 e. The molecule has 0 aromatic heterocycles. The standard InChI is InChI=1S/C21H25BrN2O/c1-23(14-17-6-3-2-4-7-17)21(25)19-8-5-13-24(16-19)15-18-9-11-20(22)12-10-18/h2-4,6-7,9-12,19H,5,8,13-16H2,1H3. The van der Waals surface area contributed by atoms with Crippen molar-refractivity contribution < 1.29 is 4.79 Å². The van der Waals surface area contributed by atoms with Crippen LogP contribution in [0.25, 0.3) is 0 Å². The van der Waals surface area contributed by atoms with Gasteiger partial charge in [0, 0.05) is 31.2 Å². The third kappa shape index (κ3) is 5.16. The summed E-state index contributed by atoms with van der Waals surface area (Å²) in [5.74, 6) is 0.377. The zero-order chi connectivity index (χ0) is 17.6. The maximum Gasteiger partial charge on any atom is 0.227 e. The molecule has 0 radical (unpaired) electrons. The number of hydrogen-bond acceptors (Lipinski definition) is 2. The molecule has 0 saturated carbocycles. The molecule has 132 valence electrons. The van der Waals surface area contributed by atoms with Crippen molar-refractivity contribution in [1.29, 1.82) is 0 Å². The second kappa shape index (κ2) is 8.63. The van der Waals surface area contributed by atoms with Gasteiger partial charge in [0.05, 0.1) is 5.92 Å². The summed E-state index contributed by atoms with van der Waals surface area (Å²) in [4.78, 5) is 17.1. The van der Waals surface area contributed by atoms with Crippen LogP contribution in [0.4, 0.5) is 0 Å². The number of hydrogen-bond donors (Lipinski definition) is 0. The Kier molecular flexibility index (Phi) is 6.27. The number of rotatable bonds is 5. The van der Waals surface area contributed by atoms with E-state index in [2.05, 4.69) is 57.2 Å². The maximum absolute atomic E-state index is 12.8. The highest BCUT2D eigenvalue weighted by Crippen LogP contribution is 2.21. The van der Waals surface area contributed by atoms with Crippen molar-refractivity contribution in [2.75, 3.05) is 20.1 Å². The van der Waals surface area contributed by atoms with Crippen molar-refractivity contribution in [1.82, 2.24) is 9.80 Å². The first-order valence-corrected chi connectivity index (χ1v) is 9.67. The summed E-state index contributed by atoms with van der Waals surface area (Å²) in [6.07, 6.45) is 2.08. The number of benzene rings is 2. The Morgan fingerprint density at radius 2 is 1.84 bits per heavy atom. The van der Waals surface area contributed by atoms with Crippen LogP contribution >= 0.6 is 15.9 Å². The van der Waals surface area contributed by atoms with Gasteiger partial charge in [-0.25, -0.2) is 0 Å². The smallest absolute Gasteiger partial charge is 0.227 e. The fourth-order valence-corrected chi connectivity index (χ4v) is 3.76. The predicted octanol–water partition coefficient (Wildman–Crippen LogP) is 4.32. The molecule has 0 N–H and O–H groups in total. The van der Waals surface area contributed by atoms with Gasteiger partial charge in [-0.3, -0.25) is 9.69 Å². The molecule has 1 saturated heterocycles. The van der Waals surface area contributed by atoms with Gasteiger partial charge in [0.25, 0.3) is 0 Å². The number of carbonyl (C=O) groups excluding carboxylic acids is 1. The zero-order valence-corrected chi connectivity index (χ0v) is 16.3. The summed E-state index contributed by atoms with van der Waals surface area (Å²) in [6, 6.07) is 18.7. The van der Waals surface area contributed by atoms with Gasteiger partial charge >= 0.3 is 0 Å². The van der Waals surface area contributed by atoms with Crippen molar-refractivity contribution in [3.05, 3.63) is 70.2 Å². The fraction of sp³-hybridized carbons (Fsp3) is 0.381. The third-order valence-electron chi connectivity index (χ3n) is 4.81. The van der Waals surface area contributed by atoms with Gasteiger partial charge in [0.2, 0.25) is 5.91 Å². The van der Waals surface area contributed by atoms with Crippen LogP contribution in [0.5, 0.6) is 0 Å². The molecule has 0 aliphatic carbocycles. The molecule has 1 aliphatic heterocycles. The van der Waals surface area contributed by atoms with Gasteiger partial charge in [-0.1, -0.05) is 58.4 Å². The largest absolute Gasteiger partial charge is 0.341 e. The lowest BCUT2D eigenvalue weighted by Gasteiger charge is -2.34. The maximum atomic E-state index is 12.8. The molecule has 3 nitrogen and oxygen atoms in total. The molecule has 1 fully saturated rings. The SMILES string of the molecule is CN(Cc1ccccc1)C(=O)C1CCCN(Cc2ccc(Br)cc2)C1. The van der Waals surface area contributed by atoms with E-state index in [1.165, 1.54) is 11.1 Å². The van der Waals surface area contributed by atoms with Crippen molar-refractivity contribution in [2.24, 2.45) is 5.92 Å². The first kappa shape index (κ1) is 18.2. The molecule has 1 amide bonds. The van der Waals surface area contributed by atoms with E-state index in [0.717, 1.165) is 36.9 Å². The second-order valence-electron chi connectivity index (χ2n) is 6.88. The number of carbonyl (C=O) groups is 1. The minimum absolute atomic E-state index is 0.109. The number of amides is 1. The van der Waals surface area contributed by atoms with Crippen LogP contribution < -0.4 is 0 Å². The van der Waals surface area contributed by atoms with Crippen LogP contribution in [0.3, 0.4) is 0 Å². The molecule has 2 aromatic rings. The molecule has 0 spiro atoms. The molecule has 1 atom stereocenters. The molecular weight excluding hydrogens is 376 g/mol. The van der Waals surface area contributed by atoms with Gasteiger partial charge in [0.15, 0.2) is 0 Å². The molecule has 0 bridgehead atoms. The van der Waals surface area contributed by atoms with E-state index in [4.69, 9.17) is 0 Å². The molecule has 2 aromatic carbocycles. The molecule has 1 unspecified atom stereocenters. The van der Waals surface area contributed by atoms with Crippen molar-refractivity contribution in [3.63, 3.8) is 0 Å². The zero-order valence-electron chi connectivity index (χ0n) is 14.7. The number of nitrogens with zero attached hydrogens (tertiary/aromatic N) is 2. The normalized spacial score (nSPS) is 18.1. The summed E-state index contributed by atoms with van der Waals surface area (Å²) in [5.41, 5.74) is 2.48. The molecule has 1 aliphatic rings. The molecule has 4 heteroatoms. The van der Waals surface area contributed by atoms with Crippen LogP contribution in [-0.2, 0) is 17.9 Å². The van der Waals surface area contributed by atoms with Crippen molar-refractivity contribution in [3.8, 4) is 0 Å². The summed E-state index contributed by atoms with van der Waals surface area (Å²) < 4.78 is 1.10. The molecular formula is C21H25BrN2O. The van der Waals surface area contributed by atoms with Gasteiger partial charge in [0.1, 0.15) is 0 Å². The summed E-state index contributed by atoms with van der Waals surface area (Å²) in [6.45, 7) is 3.53.